The highest BCUT2D eigenvalue weighted by Crippen LogP contribution is 2.23. The monoisotopic (exact) mass is 316 g/mol. The van der Waals surface area contributed by atoms with Crippen molar-refractivity contribution in [3.63, 3.8) is 0 Å². The van der Waals surface area contributed by atoms with E-state index in [1.807, 2.05) is 24.3 Å². The van der Waals surface area contributed by atoms with E-state index >= 15 is 0 Å². The molecular formula is C17H17BrO. The first kappa shape index (κ1) is 13.9. The molecule has 2 rings (SSSR count). The number of hydrogen-bond donors (Lipinski definition) is 0. The van der Waals surface area contributed by atoms with Gasteiger partial charge in [-0.05, 0) is 29.2 Å². The first-order valence-corrected chi connectivity index (χ1v) is 7.41. The van der Waals surface area contributed by atoms with E-state index in [9.17, 15) is 0 Å². The number of allylic oxidation sites excluding steroid dienone is 1. The largest absolute Gasteiger partial charge is 0.489 e. The van der Waals surface area contributed by atoms with Crippen molar-refractivity contribution in [2.45, 2.75) is 18.4 Å². The molecule has 0 N–H and O–H groups in total. The maximum atomic E-state index is 5.95. The number of rotatable bonds is 6. The van der Waals surface area contributed by atoms with Crippen molar-refractivity contribution in [1.29, 1.82) is 0 Å². The predicted octanol–water partition coefficient (Wildman–Crippen LogP) is 4.89. The first-order valence-electron chi connectivity index (χ1n) is 6.29. The number of benzene rings is 2. The van der Waals surface area contributed by atoms with Crippen LogP contribution in [-0.4, -0.2) is 0 Å². The third-order valence-electron chi connectivity index (χ3n) is 2.89. The molecule has 0 radical (unpaired) electrons. The van der Waals surface area contributed by atoms with Crippen LogP contribution >= 0.6 is 15.9 Å². The third kappa shape index (κ3) is 3.97. The minimum atomic E-state index is 0.594. The molecule has 0 saturated carbocycles. The van der Waals surface area contributed by atoms with Gasteiger partial charge >= 0.3 is 0 Å². The Morgan fingerprint density at radius 3 is 2.53 bits per heavy atom. The summed E-state index contributed by atoms with van der Waals surface area (Å²) >= 11 is 3.48. The van der Waals surface area contributed by atoms with Crippen molar-refractivity contribution in [3.8, 4) is 5.75 Å². The molecule has 0 aromatic heterocycles. The average Bonchev–Trinajstić information content (AvgIpc) is 2.47. The Labute approximate surface area is 123 Å². The van der Waals surface area contributed by atoms with E-state index in [0.717, 1.165) is 17.5 Å². The van der Waals surface area contributed by atoms with Gasteiger partial charge in [-0.3, -0.25) is 0 Å². The highest BCUT2D eigenvalue weighted by molar-refractivity contribution is 9.08. The van der Waals surface area contributed by atoms with Gasteiger partial charge in [-0.1, -0.05) is 64.5 Å². The zero-order chi connectivity index (χ0) is 13.5. The van der Waals surface area contributed by atoms with E-state index in [2.05, 4.69) is 52.8 Å². The maximum Gasteiger partial charge on any atom is 0.123 e. The topological polar surface area (TPSA) is 9.23 Å². The highest BCUT2D eigenvalue weighted by atomic mass is 79.9. The predicted molar refractivity (Wildman–Crippen MR) is 83.7 cm³/mol. The number of alkyl halides is 1. The van der Waals surface area contributed by atoms with E-state index in [1.54, 1.807) is 0 Å². The molecule has 19 heavy (non-hydrogen) atoms. The molecule has 0 aliphatic carbocycles. The fraction of sp³-hybridized carbons (Fsp3) is 0.176. The SMILES string of the molecule is C=CCc1ccc(CBr)cc1OCc1ccccc1. The minimum absolute atomic E-state index is 0.594. The van der Waals surface area contributed by atoms with Crippen LogP contribution in [0.2, 0.25) is 0 Å². The number of ether oxygens (including phenoxy) is 1. The molecule has 2 aromatic carbocycles. The van der Waals surface area contributed by atoms with Crippen LogP contribution in [0.25, 0.3) is 0 Å². The highest BCUT2D eigenvalue weighted by Gasteiger charge is 2.04. The quantitative estimate of drug-likeness (QED) is 0.544. The molecule has 0 amide bonds. The standard InChI is InChI=1S/C17H17BrO/c1-2-6-16-10-9-15(12-18)11-17(16)19-13-14-7-4-3-5-8-14/h2-5,7-11H,1,6,12-13H2. The Hall–Kier alpha value is -1.54. The Kier molecular flexibility index (Phi) is 5.22. The Morgan fingerprint density at radius 2 is 1.84 bits per heavy atom. The molecule has 2 heteroatoms. The van der Waals surface area contributed by atoms with E-state index < -0.39 is 0 Å². The zero-order valence-electron chi connectivity index (χ0n) is 10.8. The summed E-state index contributed by atoms with van der Waals surface area (Å²) < 4.78 is 5.95. The van der Waals surface area contributed by atoms with Crippen molar-refractivity contribution in [2.24, 2.45) is 0 Å². The second-order valence-corrected chi connectivity index (χ2v) is 4.90. The average molecular weight is 317 g/mol. The minimum Gasteiger partial charge on any atom is -0.489 e. The third-order valence-corrected chi connectivity index (χ3v) is 3.53. The summed E-state index contributed by atoms with van der Waals surface area (Å²) in [5.41, 5.74) is 3.57. The van der Waals surface area contributed by atoms with E-state index in [1.165, 1.54) is 16.7 Å². The smallest absolute Gasteiger partial charge is 0.123 e. The van der Waals surface area contributed by atoms with Crippen LogP contribution in [0.3, 0.4) is 0 Å². The van der Waals surface area contributed by atoms with Gasteiger partial charge in [0.2, 0.25) is 0 Å². The summed E-state index contributed by atoms with van der Waals surface area (Å²) in [7, 11) is 0. The van der Waals surface area contributed by atoms with Gasteiger partial charge in [-0.15, -0.1) is 6.58 Å². The molecule has 2 aromatic rings. The summed E-state index contributed by atoms with van der Waals surface area (Å²) in [6.45, 7) is 4.39. The lowest BCUT2D eigenvalue weighted by atomic mass is 10.1. The molecule has 0 saturated heterocycles. The lowest BCUT2D eigenvalue weighted by Gasteiger charge is -2.12. The Bertz CT molecular complexity index is 534. The zero-order valence-corrected chi connectivity index (χ0v) is 12.4. The fourth-order valence-electron chi connectivity index (χ4n) is 1.88. The summed E-state index contributed by atoms with van der Waals surface area (Å²) in [4.78, 5) is 0. The lowest BCUT2D eigenvalue weighted by molar-refractivity contribution is 0.303. The number of halogens is 1. The van der Waals surface area contributed by atoms with E-state index in [0.29, 0.717) is 6.61 Å². The van der Waals surface area contributed by atoms with Crippen molar-refractivity contribution >= 4 is 15.9 Å². The molecule has 0 aliphatic heterocycles. The molecule has 0 atom stereocenters. The van der Waals surface area contributed by atoms with Crippen LogP contribution in [0.1, 0.15) is 16.7 Å². The van der Waals surface area contributed by atoms with Gasteiger partial charge in [-0.2, -0.15) is 0 Å². The van der Waals surface area contributed by atoms with Crippen molar-refractivity contribution in [1.82, 2.24) is 0 Å². The summed E-state index contributed by atoms with van der Waals surface area (Å²) in [6.07, 6.45) is 2.73. The Balaban J connectivity index is 2.15. The maximum absolute atomic E-state index is 5.95. The summed E-state index contributed by atoms with van der Waals surface area (Å²) in [5.74, 6) is 0.945. The lowest BCUT2D eigenvalue weighted by Crippen LogP contribution is -1.99. The van der Waals surface area contributed by atoms with Gasteiger partial charge in [0.05, 0.1) is 0 Å². The second-order valence-electron chi connectivity index (χ2n) is 4.34. The fourth-order valence-corrected chi connectivity index (χ4v) is 2.22. The van der Waals surface area contributed by atoms with Crippen molar-refractivity contribution in [3.05, 3.63) is 77.9 Å². The normalized spacial score (nSPS) is 10.2. The molecule has 1 nitrogen and oxygen atoms in total. The van der Waals surface area contributed by atoms with Gasteiger partial charge in [0.1, 0.15) is 12.4 Å². The van der Waals surface area contributed by atoms with Crippen LogP contribution in [-0.2, 0) is 18.4 Å². The number of hydrogen-bond acceptors (Lipinski definition) is 1. The van der Waals surface area contributed by atoms with Crippen molar-refractivity contribution in [2.75, 3.05) is 0 Å². The molecule has 0 unspecified atom stereocenters. The van der Waals surface area contributed by atoms with Crippen molar-refractivity contribution < 1.29 is 4.74 Å². The van der Waals surface area contributed by atoms with E-state index in [-0.39, 0.29) is 0 Å². The van der Waals surface area contributed by atoms with Crippen LogP contribution in [0.15, 0.2) is 61.2 Å². The van der Waals surface area contributed by atoms with Gasteiger partial charge < -0.3 is 4.74 Å². The van der Waals surface area contributed by atoms with E-state index in [4.69, 9.17) is 4.74 Å². The summed E-state index contributed by atoms with van der Waals surface area (Å²) in [5, 5.41) is 0.836. The van der Waals surface area contributed by atoms with Crippen LogP contribution < -0.4 is 4.74 Å². The summed E-state index contributed by atoms with van der Waals surface area (Å²) in [6, 6.07) is 16.5. The van der Waals surface area contributed by atoms with Gasteiger partial charge in [0, 0.05) is 5.33 Å². The first-order chi connectivity index (χ1) is 9.33. The van der Waals surface area contributed by atoms with Gasteiger partial charge in [0.15, 0.2) is 0 Å². The van der Waals surface area contributed by atoms with Gasteiger partial charge in [-0.25, -0.2) is 0 Å². The second kappa shape index (κ2) is 7.15. The van der Waals surface area contributed by atoms with Gasteiger partial charge in [0.25, 0.3) is 0 Å². The molecule has 0 fully saturated rings. The molecular weight excluding hydrogens is 300 g/mol. The van der Waals surface area contributed by atoms with Crippen LogP contribution in [0, 0.1) is 0 Å². The molecule has 98 valence electrons. The Morgan fingerprint density at radius 1 is 1.05 bits per heavy atom. The molecule has 0 aliphatic rings. The molecule has 0 heterocycles. The molecule has 0 spiro atoms. The van der Waals surface area contributed by atoms with Crippen LogP contribution in [0.5, 0.6) is 5.75 Å². The molecule has 0 bridgehead atoms. The van der Waals surface area contributed by atoms with Crippen LogP contribution in [0.4, 0.5) is 0 Å².